The van der Waals surface area contributed by atoms with E-state index in [1.165, 1.54) is 30.5 Å². The summed E-state index contributed by atoms with van der Waals surface area (Å²) in [6, 6.07) is 4.25. The van der Waals surface area contributed by atoms with Crippen molar-refractivity contribution >= 4 is 5.82 Å². The molecule has 90 valence electrons. The smallest absolute Gasteiger partial charge is 0.144 e. The quantitative estimate of drug-likeness (QED) is 0.789. The first kappa shape index (κ1) is 11.9. The highest BCUT2D eigenvalue weighted by Crippen LogP contribution is 2.24. The molecule has 0 unspecified atom stereocenters. The number of anilines is 1. The van der Waals surface area contributed by atoms with E-state index < -0.39 is 0 Å². The van der Waals surface area contributed by atoms with E-state index in [4.69, 9.17) is 5.26 Å². The number of hydrogen-bond donors (Lipinski definition) is 1. The lowest BCUT2D eigenvalue weighted by molar-refractivity contribution is 0.742. The molecule has 3 nitrogen and oxygen atoms in total. The van der Waals surface area contributed by atoms with E-state index in [2.05, 4.69) is 23.3 Å². The van der Waals surface area contributed by atoms with Crippen LogP contribution in [0.25, 0.3) is 0 Å². The van der Waals surface area contributed by atoms with Crippen LogP contribution in [-0.2, 0) is 12.8 Å². The Morgan fingerprint density at radius 2 is 2.29 bits per heavy atom. The Kier molecular flexibility index (Phi) is 3.98. The van der Waals surface area contributed by atoms with Crippen molar-refractivity contribution in [3.05, 3.63) is 22.9 Å². The minimum absolute atomic E-state index is 0.696. The van der Waals surface area contributed by atoms with Gasteiger partial charge >= 0.3 is 0 Å². The van der Waals surface area contributed by atoms with Crippen LogP contribution in [-0.4, -0.2) is 11.5 Å². The van der Waals surface area contributed by atoms with Crippen molar-refractivity contribution in [3.63, 3.8) is 0 Å². The van der Waals surface area contributed by atoms with E-state index in [1.54, 1.807) is 0 Å². The molecule has 0 saturated carbocycles. The average Bonchev–Trinajstić information content (AvgIpc) is 2.80. The molecule has 0 fully saturated rings. The van der Waals surface area contributed by atoms with Gasteiger partial charge in [0.2, 0.25) is 0 Å². The van der Waals surface area contributed by atoms with E-state index in [9.17, 15) is 0 Å². The van der Waals surface area contributed by atoms with Gasteiger partial charge in [-0.25, -0.2) is 4.98 Å². The number of nitrogens with zero attached hydrogens (tertiary/aromatic N) is 2. The third-order valence-corrected chi connectivity index (χ3v) is 3.24. The SMILES string of the molecule is CCCCCNc1nc2c(cc1C#N)CCC2. The molecule has 0 aliphatic heterocycles. The van der Waals surface area contributed by atoms with Crippen molar-refractivity contribution in [3.8, 4) is 6.07 Å². The summed E-state index contributed by atoms with van der Waals surface area (Å²) in [7, 11) is 0. The molecule has 0 aromatic carbocycles. The molecule has 0 bridgehead atoms. The largest absolute Gasteiger partial charge is 0.369 e. The number of hydrogen-bond acceptors (Lipinski definition) is 3. The van der Waals surface area contributed by atoms with Crippen LogP contribution in [0.1, 0.15) is 49.4 Å². The molecular formula is C14H19N3. The predicted octanol–water partition coefficient (Wildman–Crippen LogP) is 3.04. The first-order chi connectivity index (χ1) is 8.35. The number of aryl methyl sites for hydroxylation is 2. The van der Waals surface area contributed by atoms with Gasteiger partial charge in [0.25, 0.3) is 0 Å². The maximum absolute atomic E-state index is 9.12. The zero-order chi connectivity index (χ0) is 12.1. The molecule has 1 N–H and O–H groups in total. The van der Waals surface area contributed by atoms with Crippen LogP contribution in [0, 0.1) is 11.3 Å². The van der Waals surface area contributed by atoms with Crippen LogP contribution in [0.5, 0.6) is 0 Å². The van der Waals surface area contributed by atoms with Gasteiger partial charge in [-0.05, 0) is 37.3 Å². The second-order valence-electron chi connectivity index (χ2n) is 4.59. The third-order valence-electron chi connectivity index (χ3n) is 3.24. The fourth-order valence-electron chi connectivity index (χ4n) is 2.27. The Morgan fingerprint density at radius 1 is 1.41 bits per heavy atom. The molecule has 3 heteroatoms. The summed E-state index contributed by atoms with van der Waals surface area (Å²) >= 11 is 0. The van der Waals surface area contributed by atoms with Crippen LogP contribution >= 0.6 is 0 Å². The number of unbranched alkanes of at least 4 members (excludes halogenated alkanes) is 2. The van der Waals surface area contributed by atoms with E-state index in [0.29, 0.717) is 5.56 Å². The van der Waals surface area contributed by atoms with E-state index in [0.717, 1.165) is 31.6 Å². The number of aromatic nitrogens is 1. The van der Waals surface area contributed by atoms with Gasteiger partial charge in [0, 0.05) is 12.2 Å². The predicted molar refractivity (Wildman–Crippen MR) is 69.0 cm³/mol. The average molecular weight is 229 g/mol. The summed E-state index contributed by atoms with van der Waals surface area (Å²) < 4.78 is 0. The molecule has 0 amide bonds. The molecule has 1 aromatic rings. The zero-order valence-electron chi connectivity index (χ0n) is 10.4. The highest BCUT2D eigenvalue weighted by molar-refractivity contribution is 5.54. The first-order valence-electron chi connectivity index (χ1n) is 6.52. The summed E-state index contributed by atoms with van der Waals surface area (Å²) in [5.74, 6) is 0.782. The summed E-state index contributed by atoms with van der Waals surface area (Å²) in [4.78, 5) is 4.59. The van der Waals surface area contributed by atoms with Crippen molar-refractivity contribution in [2.45, 2.75) is 45.4 Å². The lowest BCUT2D eigenvalue weighted by Crippen LogP contribution is -2.07. The van der Waals surface area contributed by atoms with E-state index >= 15 is 0 Å². The van der Waals surface area contributed by atoms with Crippen LogP contribution in [0.4, 0.5) is 5.82 Å². The highest BCUT2D eigenvalue weighted by Gasteiger charge is 2.15. The Bertz CT molecular complexity index is 432. The van der Waals surface area contributed by atoms with Gasteiger partial charge in [0.15, 0.2) is 0 Å². The van der Waals surface area contributed by atoms with Crippen LogP contribution in [0.2, 0.25) is 0 Å². The van der Waals surface area contributed by atoms with Crippen LogP contribution in [0.15, 0.2) is 6.07 Å². The molecule has 1 aliphatic rings. The molecule has 1 aliphatic carbocycles. The number of nitriles is 1. The van der Waals surface area contributed by atoms with Gasteiger partial charge in [-0.3, -0.25) is 0 Å². The number of rotatable bonds is 5. The van der Waals surface area contributed by atoms with Gasteiger partial charge in [0.1, 0.15) is 11.9 Å². The molecule has 1 heterocycles. The molecule has 0 saturated heterocycles. The molecule has 0 atom stereocenters. The standard InChI is InChI=1S/C14H19N3/c1-2-3-4-8-16-14-12(10-15)9-11-6-5-7-13(11)17-14/h9H,2-8H2,1H3,(H,16,17). The monoisotopic (exact) mass is 229 g/mol. The molecule has 0 radical (unpaired) electrons. The highest BCUT2D eigenvalue weighted by atomic mass is 15.0. The maximum atomic E-state index is 9.12. The van der Waals surface area contributed by atoms with Gasteiger partial charge in [-0.15, -0.1) is 0 Å². The van der Waals surface area contributed by atoms with Gasteiger partial charge in [0.05, 0.1) is 5.56 Å². The maximum Gasteiger partial charge on any atom is 0.144 e. The molecule has 0 spiro atoms. The van der Waals surface area contributed by atoms with Crippen molar-refractivity contribution in [2.24, 2.45) is 0 Å². The number of fused-ring (bicyclic) bond motifs is 1. The fourth-order valence-corrected chi connectivity index (χ4v) is 2.27. The minimum atomic E-state index is 0.696. The first-order valence-corrected chi connectivity index (χ1v) is 6.52. The molecule has 2 rings (SSSR count). The summed E-state index contributed by atoms with van der Waals surface area (Å²) in [6.07, 6.45) is 6.88. The summed E-state index contributed by atoms with van der Waals surface area (Å²) in [6.45, 7) is 3.10. The molecule has 1 aromatic heterocycles. The lowest BCUT2D eigenvalue weighted by Gasteiger charge is -2.09. The van der Waals surface area contributed by atoms with Crippen molar-refractivity contribution < 1.29 is 0 Å². The topological polar surface area (TPSA) is 48.7 Å². The van der Waals surface area contributed by atoms with Gasteiger partial charge < -0.3 is 5.32 Å². The number of nitrogens with one attached hydrogen (secondary N) is 1. The molecular weight excluding hydrogens is 210 g/mol. The third kappa shape index (κ3) is 2.76. The summed E-state index contributed by atoms with van der Waals surface area (Å²) in [5.41, 5.74) is 3.14. The Balaban J connectivity index is 2.08. The van der Waals surface area contributed by atoms with E-state index in [1.807, 2.05) is 6.07 Å². The van der Waals surface area contributed by atoms with E-state index in [-0.39, 0.29) is 0 Å². The minimum Gasteiger partial charge on any atom is -0.369 e. The lowest BCUT2D eigenvalue weighted by atomic mass is 10.1. The Hall–Kier alpha value is -1.56. The van der Waals surface area contributed by atoms with Gasteiger partial charge in [-0.1, -0.05) is 19.8 Å². The van der Waals surface area contributed by atoms with Crippen molar-refractivity contribution in [2.75, 3.05) is 11.9 Å². The number of pyridine rings is 1. The Morgan fingerprint density at radius 3 is 3.06 bits per heavy atom. The van der Waals surface area contributed by atoms with Gasteiger partial charge in [-0.2, -0.15) is 5.26 Å². The van der Waals surface area contributed by atoms with Crippen molar-refractivity contribution in [1.29, 1.82) is 5.26 Å². The normalized spacial score (nSPS) is 13.2. The second-order valence-corrected chi connectivity index (χ2v) is 4.59. The summed E-state index contributed by atoms with van der Waals surface area (Å²) in [5, 5.41) is 12.4. The van der Waals surface area contributed by atoms with Crippen LogP contribution in [0.3, 0.4) is 0 Å². The second kappa shape index (κ2) is 5.67. The Labute approximate surface area is 103 Å². The zero-order valence-corrected chi connectivity index (χ0v) is 10.4. The molecule has 17 heavy (non-hydrogen) atoms. The fraction of sp³-hybridized carbons (Fsp3) is 0.571. The van der Waals surface area contributed by atoms with Crippen LogP contribution < -0.4 is 5.32 Å². The van der Waals surface area contributed by atoms with Crippen molar-refractivity contribution in [1.82, 2.24) is 4.98 Å².